The number of carbonyl (C=O) groups is 2. The average molecular weight is 331 g/mol. The minimum absolute atomic E-state index is 0.181. The van der Waals surface area contributed by atoms with Crippen LogP contribution in [0.4, 0.5) is 0 Å². The fourth-order valence-electron chi connectivity index (χ4n) is 3.45. The maximum Gasteiger partial charge on any atom is 0.344 e. The summed E-state index contributed by atoms with van der Waals surface area (Å²) in [7, 11) is 0. The molecule has 0 bridgehead atoms. The van der Waals surface area contributed by atoms with Crippen molar-refractivity contribution in [2.45, 2.75) is 64.0 Å². The molecule has 1 unspecified atom stereocenters. The van der Waals surface area contributed by atoms with E-state index in [4.69, 9.17) is 9.47 Å². The molecule has 1 atom stereocenters. The second-order valence-corrected chi connectivity index (χ2v) is 6.69. The van der Waals surface area contributed by atoms with Gasteiger partial charge in [0.15, 0.2) is 12.7 Å². The molecule has 2 aliphatic rings. The smallest absolute Gasteiger partial charge is 0.344 e. The highest BCUT2D eigenvalue weighted by molar-refractivity contribution is 5.83. The van der Waals surface area contributed by atoms with Gasteiger partial charge in [-0.05, 0) is 62.3 Å². The van der Waals surface area contributed by atoms with Crippen LogP contribution in [0.25, 0.3) is 0 Å². The third-order valence-corrected chi connectivity index (χ3v) is 4.81. The van der Waals surface area contributed by atoms with E-state index in [0.29, 0.717) is 5.75 Å². The molecule has 0 spiro atoms. The number of hydrogen-bond acceptors (Lipinski definition) is 4. The van der Waals surface area contributed by atoms with Crippen LogP contribution in [0.1, 0.15) is 50.2 Å². The molecule has 1 saturated carbocycles. The Morgan fingerprint density at radius 2 is 1.92 bits per heavy atom. The molecule has 1 aromatic rings. The Hall–Kier alpha value is -2.04. The van der Waals surface area contributed by atoms with E-state index in [1.807, 2.05) is 12.1 Å². The van der Waals surface area contributed by atoms with E-state index in [2.05, 4.69) is 11.4 Å². The number of nitrogens with one attached hydrogen (secondary N) is 1. The molecular formula is C19H25NO4. The molecule has 2 aliphatic carbocycles. The van der Waals surface area contributed by atoms with Crippen LogP contribution in [0.5, 0.6) is 5.75 Å². The molecule has 0 aromatic heterocycles. The molecular weight excluding hydrogens is 306 g/mol. The molecule has 0 radical (unpaired) electrons. The van der Waals surface area contributed by atoms with Crippen molar-refractivity contribution in [3.8, 4) is 5.75 Å². The molecule has 24 heavy (non-hydrogen) atoms. The summed E-state index contributed by atoms with van der Waals surface area (Å²) < 4.78 is 10.7. The van der Waals surface area contributed by atoms with E-state index in [0.717, 1.165) is 38.5 Å². The summed E-state index contributed by atoms with van der Waals surface area (Å²) in [6.45, 7) is 1.41. The topological polar surface area (TPSA) is 64.6 Å². The second-order valence-electron chi connectivity index (χ2n) is 6.69. The summed E-state index contributed by atoms with van der Waals surface area (Å²) in [5.74, 6) is -0.0759. The van der Waals surface area contributed by atoms with Crippen molar-refractivity contribution in [3.05, 3.63) is 29.3 Å². The Labute approximate surface area is 142 Å². The highest BCUT2D eigenvalue weighted by Crippen LogP contribution is 2.26. The van der Waals surface area contributed by atoms with Crippen LogP contribution in [0.3, 0.4) is 0 Å². The lowest BCUT2D eigenvalue weighted by atomic mass is 10.1. The van der Waals surface area contributed by atoms with Gasteiger partial charge in [-0.15, -0.1) is 0 Å². The Morgan fingerprint density at radius 3 is 2.71 bits per heavy atom. The number of hydrogen-bond donors (Lipinski definition) is 1. The fourth-order valence-corrected chi connectivity index (χ4v) is 3.45. The third kappa shape index (κ3) is 4.28. The lowest BCUT2D eigenvalue weighted by molar-refractivity contribution is -0.156. The standard InChI is InChI=1S/C19H25NO4/c1-13(19(22)20-16-7-2-3-8-16)24-18(21)12-23-17-10-9-14-5-4-6-15(14)11-17/h9-11,13,16H,2-8,12H2,1H3,(H,20,22). The van der Waals surface area contributed by atoms with E-state index >= 15 is 0 Å². The lowest BCUT2D eigenvalue weighted by Gasteiger charge is -2.17. The molecule has 1 fully saturated rings. The molecule has 0 heterocycles. The SMILES string of the molecule is CC(OC(=O)COc1ccc2c(c1)CCC2)C(=O)NC1CCCC1. The summed E-state index contributed by atoms with van der Waals surface area (Å²) in [4.78, 5) is 23.9. The molecule has 1 amide bonds. The molecule has 5 nitrogen and oxygen atoms in total. The van der Waals surface area contributed by atoms with Gasteiger partial charge >= 0.3 is 5.97 Å². The van der Waals surface area contributed by atoms with Gasteiger partial charge in [-0.2, -0.15) is 0 Å². The number of fused-ring (bicyclic) bond motifs is 1. The van der Waals surface area contributed by atoms with Gasteiger partial charge in [-0.25, -0.2) is 4.79 Å². The number of esters is 1. The molecule has 5 heteroatoms. The molecule has 0 aliphatic heterocycles. The van der Waals surface area contributed by atoms with Crippen LogP contribution in [-0.4, -0.2) is 30.6 Å². The van der Waals surface area contributed by atoms with Gasteiger partial charge < -0.3 is 14.8 Å². The molecule has 130 valence electrons. The van der Waals surface area contributed by atoms with Crippen molar-refractivity contribution in [3.63, 3.8) is 0 Å². The number of rotatable bonds is 6. The summed E-state index contributed by atoms with van der Waals surface area (Å²) in [6, 6.07) is 6.15. The van der Waals surface area contributed by atoms with Crippen molar-refractivity contribution < 1.29 is 19.1 Å². The van der Waals surface area contributed by atoms with Crippen LogP contribution in [0, 0.1) is 0 Å². The summed E-state index contributed by atoms with van der Waals surface area (Å²) in [5, 5.41) is 2.93. The van der Waals surface area contributed by atoms with Gasteiger partial charge in [0.1, 0.15) is 5.75 Å². The Kier molecular flexibility index (Phi) is 5.38. The monoisotopic (exact) mass is 331 g/mol. The first-order chi connectivity index (χ1) is 11.6. The zero-order valence-electron chi connectivity index (χ0n) is 14.2. The van der Waals surface area contributed by atoms with Crippen molar-refractivity contribution >= 4 is 11.9 Å². The normalized spacial score (nSPS) is 18.0. The van der Waals surface area contributed by atoms with Crippen LogP contribution < -0.4 is 10.1 Å². The highest BCUT2D eigenvalue weighted by atomic mass is 16.6. The molecule has 0 saturated heterocycles. The average Bonchev–Trinajstić information content (AvgIpc) is 3.23. The summed E-state index contributed by atoms with van der Waals surface area (Å²) >= 11 is 0. The molecule has 1 N–H and O–H groups in total. The largest absolute Gasteiger partial charge is 0.482 e. The van der Waals surface area contributed by atoms with Crippen molar-refractivity contribution in [1.29, 1.82) is 0 Å². The van der Waals surface area contributed by atoms with Crippen LogP contribution in [0.15, 0.2) is 18.2 Å². The fraction of sp³-hybridized carbons (Fsp3) is 0.579. The Balaban J connectivity index is 1.42. The van der Waals surface area contributed by atoms with E-state index in [-0.39, 0.29) is 18.6 Å². The first-order valence-corrected chi connectivity index (χ1v) is 8.86. The van der Waals surface area contributed by atoms with Crippen LogP contribution in [0.2, 0.25) is 0 Å². The van der Waals surface area contributed by atoms with E-state index in [1.165, 1.54) is 17.5 Å². The molecule has 1 aromatic carbocycles. The molecule has 3 rings (SSSR count). The first kappa shape index (κ1) is 16.8. The number of ether oxygens (including phenoxy) is 2. The predicted molar refractivity (Wildman–Crippen MR) is 89.9 cm³/mol. The Bertz CT molecular complexity index is 607. The first-order valence-electron chi connectivity index (χ1n) is 8.86. The number of aryl methyl sites for hydroxylation is 2. The van der Waals surface area contributed by atoms with Gasteiger partial charge in [0.05, 0.1) is 0 Å². The van der Waals surface area contributed by atoms with Gasteiger partial charge in [0, 0.05) is 6.04 Å². The van der Waals surface area contributed by atoms with E-state index in [1.54, 1.807) is 6.92 Å². The lowest BCUT2D eigenvalue weighted by Crippen LogP contribution is -2.41. The maximum absolute atomic E-state index is 12.0. The Morgan fingerprint density at radius 1 is 1.17 bits per heavy atom. The summed E-state index contributed by atoms with van der Waals surface area (Å²) in [5.41, 5.74) is 2.66. The quantitative estimate of drug-likeness (QED) is 0.814. The number of carbonyl (C=O) groups excluding carboxylic acids is 2. The third-order valence-electron chi connectivity index (χ3n) is 4.81. The maximum atomic E-state index is 12.0. The van der Waals surface area contributed by atoms with Gasteiger partial charge in [-0.1, -0.05) is 18.9 Å². The van der Waals surface area contributed by atoms with Crippen LogP contribution in [-0.2, 0) is 27.2 Å². The second kappa shape index (κ2) is 7.69. The number of benzene rings is 1. The minimum Gasteiger partial charge on any atom is -0.482 e. The zero-order valence-corrected chi connectivity index (χ0v) is 14.2. The van der Waals surface area contributed by atoms with Crippen molar-refractivity contribution in [2.24, 2.45) is 0 Å². The van der Waals surface area contributed by atoms with Gasteiger partial charge in [-0.3, -0.25) is 4.79 Å². The number of amides is 1. The van der Waals surface area contributed by atoms with Crippen molar-refractivity contribution in [1.82, 2.24) is 5.32 Å². The van der Waals surface area contributed by atoms with E-state index < -0.39 is 12.1 Å². The van der Waals surface area contributed by atoms with Gasteiger partial charge in [0.25, 0.3) is 5.91 Å². The zero-order chi connectivity index (χ0) is 16.9. The van der Waals surface area contributed by atoms with Crippen molar-refractivity contribution in [2.75, 3.05) is 6.61 Å². The highest BCUT2D eigenvalue weighted by Gasteiger charge is 2.23. The van der Waals surface area contributed by atoms with E-state index in [9.17, 15) is 9.59 Å². The summed E-state index contributed by atoms with van der Waals surface area (Å²) in [6.07, 6.45) is 6.87. The minimum atomic E-state index is -0.790. The van der Waals surface area contributed by atoms with Gasteiger partial charge in [0.2, 0.25) is 0 Å². The van der Waals surface area contributed by atoms with Crippen LogP contribution >= 0.6 is 0 Å². The predicted octanol–water partition coefficient (Wildman–Crippen LogP) is 2.54.